The molecule has 0 bridgehead atoms. The number of hydrogen-bond acceptors (Lipinski definition) is 2. The van der Waals surface area contributed by atoms with Crippen LogP contribution in [0.3, 0.4) is 0 Å². The summed E-state index contributed by atoms with van der Waals surface area (Å²) in [4.78, 5) is 10.0. The lowest BCUT2D eigenvalue weighted by Gasteiger charge is -2.15. The first-order valence-corrected chi connectivity index (χ1v) is 19.8. The van der Waals surface area contributed by atoms with Crippen LogP contribution in [-0.4, -0.2) is 9.97 Å². The summed E-state index contributed by atoms with van der Waals surface area (Å²) in [5, 5.41) is 10.1. The fourth-order valence-electron chi connectivity index (χ4n) is 8.64. The lowest BCUT2D eigenvalue weighted by Crippen LogP contribution is -1.95. The molecule has 11 aromatic rings. The molecule has 0 radical (unpaired) electrons. The quantitative estimate of drug-likeness (QED) is 0.125. The zero-order valence-electron chi connectivity index (χ0n) is 31.7. The van der Waals surface area contributed by atoms with Gasteiger partial charge in [0.15, 0.2) is 5.82 Å². The molecule has 0 atom stereocenters. The number of aromatic nitrogens is 2. The summed E-state index contributed by atoms with van der Waals surface area (Å²) in [7, 11) is 0. The third-order valence-corrected chi connectivity index (χ3v) is 11.5. The van der Waals surface area contributed by atoms with Crippen LogP contribution in [0.4, 0.5) is 0 Å². The number of hydrogen-bond donors (Lipinski definition) is 0. The molecule has 0 saturated heterocycles. The predicted octanol–water partition coefficient (Wildman–Crippen LogP) is 15.1. The summed E-state index contributed by atoms with van der Waals surface area (Å²) in [5.41, 5.74) is 12.2. The first-order chi connectivity index (χ1) is 28.7. The number of rotatable bonds is 6. The third-order valence-electron chi connectivity index (χ3n) is 11.5. The van der Waals surface area contributed by atoms with E-state index in [0.717, 1.165) is 39.5 Å². The van der Waals surface area contributed by atoms with Crippen LogP contribution in [0.25, 0.3) is 110 Å². The molecule has 2 heteroatoms. The molecular formula is C56H36N2. The molecule has 1 heterocycles. The monoisotopic (exact) mass is 736 g/mol. The Hall–Kier alpha value is -7.68. The van der Waals surface area contributed by atoms with E-state index in [9.17, 15) is 0 Å². The number of benzene rings is 10. The number of nitrogens with zero attached hydrogens (tertiary/aromatic N) is 2. The zero-order chi connectivity index (χ0) is 38.4. The smallest absolute Gasteiger partial charge is 0.160 e. The zero-order valence-corrected chi connectivity index (χ0v) is 31.7. The van der Waals surface area contributed by atoms with Crippen molar-refractivity contribution >= 4 is 43.1 Å². The minimum absolute atomic E-state index is 0.717. The van der Waals surface area contributed by atoms with Gasteiger partial charge in [-0.15, -0.1) is 0 Å². The lowest BCUT2D eigenvalue weighted by molar-refractivity contribution is 1.18. The van der Waals surface area contributed by atoms with Crippen LogP contribution in [0, 0.1) is 0 Å². The van der Waals surface area contributed by atoms with Crippen molar-refractivity contribution in [1.29, 1.82) is 0 Å². The van der Waals surface area contributed by atoms with Crippen molar-refractivity contribution < 1.29 is 0 Å². The topological polar surface area (TPSA) is 25.8 Å². The van der Waals surface area contributed by atoms with Crippen LogP contribution >= 0.6 is 0 Å². The van der Waals surface area contributed by atoms with Crippen molar-refractivity contribution in [2.75, 3.05) is 0 Å². The molecule has 58 heavy (non-hydrogen) atoms. The average molecular weight is 737 g/mol. The maximum atomic E-state index is 5.05. The molecule has 0 aliphatic rings. The van der Waals surface area contributed by atoms with Crippen molar-refractivity contribution in [2.24, 2.45) is 0 Å². The van der Waals surface area contributed by atoms with Gasteiger partial charge in [-0.25, -0.2) is 9.97 Å². The molecule has 0 aliphatic heterocycles. The molecule has 0 fully saturated rings. The standard InChI is InChI=1S/C56H36N2/c1-3-14-40(15-4-1)53-36-54(58-56(57-53)43-16-5-2-6-17-43)41-27-23-38(24-28-41)46-33-34-47(50-22-12-11-21-49(46)50)39-25-29-42(30-26-39)55-48-20-10-8-18-44(48)35-52-45-19-9-7-13-37(45)31-32-51(52)55/h1-36H. The second-order valence-corrected chi connectivity index (χ2v) is 14.9. The predicted molar refractivity (Wildman–Crippen MR) is 245 cm³/mol. The molecule has 0 aliphatic carbocycles. The second kappa shape index (κ2) is 14.1. The van der Waals surface area contributed by atoms with Crippen LogP contribution in [0.5, 0.6) is 0 Å². The maximum absolute atomic E-state index is 5.05. The molecule has 0 unspecified atom stereocenters. The highest BCUT2D eigenvalue weighted by Gasteiger charge is 2.15. The van der Waals surface area contributed by atoms with Gasteiger partial charge in [0, 0.05) is 16.7 Å². The summed E-state index contributed by atoms with van der Waals surface area (Å²) in [6.45, 7) is 0. The summed E-state index contributed by atoms with van der Waals surface area (Å²) >= 11 is 0. The van der Waals surface area contributed by atoms with E-state index >= 15 is 0 Å². The summed E-state index contributed by atoms with van der Waals surface area (Å²) < 4.78 is 0. The van der Waals surface area contributed by atoms with Crippen molar-refractivity contribution in [1.82, 2.24) is 9.97 Å². The van der Waals surface area contributed by atoms with E-state index in [1.807, 2.05) is 36.4 Å². The van der Waals surface area contributed by atoms with Gasteiger partial charge in [-0.1, -0.05) is 206 Å². The van der Waals surface area contributed by atoms with Gasteiger partial charge in [0.05, 0.1) is 11.4 Å². The van der Waals surface area contributed by atoms with Crippen molar-refractivity contribution in [3.8, 4) is 67.3 Å². The van der Waals surface area contributed by atoms with Crippen LogP contribution < -0.4 is 0 Å². The molecule has 0 saturated carbocycles. The van der Waals surface area contributed by atoms with Crippen molar-refractivity contribution in [3.63, 3.8) is 0 Å². The first kappa shape index (κ1) is 33.6. The Morgan fingerprint density at radius 2 is 0.707 bits per heavy atom. The highest BCUT2D eigenvalue weighted by atomic mass is 14.9. The Bertz CT molecular complexity index is 3240. The molecule has 10 aromatic carbocycles. The largest absolute Gasteiger partial charge is 0.228 e. The molecule has 1 aromatic heterocycles. The van der Waals surface area contributed by atoms with Crippen LogP contribution in [0.2, 0.25) is 0 Å². The van der Waals surface area contributed by atoms with Crippen LogP contribution in [0.15, 0.2) is 218 Å². The van der Waals surface area contributed by atoms with E-state index in [4.69, 9.17) is 9.97 Å². The lowest BCUT2D eigenvalue weighted by atomic mass is 9.88. The first-order valence-electron chi connectivity index (χ1n) is 19.8. The Morgan fingerprint density at radius 1 is 0.241 bits per heavy atom. The van der Waals surface area contributed by atoms with Gasteiger partial charge in [-0.2, -0.15) is 0 Å². The maximum Gasteiger partial charge on any atom is 0.160 e. The molecule has 2 nitrogen and oxygen atoms in total. The Balaban J connectivity index is 0.963. The second-order valence-electron chi connectivity index (χ2n) is 14.9. The molecule has 0 spiro atoms. The Labute approximate surface area is 337 Å². The van der Waals surface area contributed by atoms with Gasteiger partial charge in [-0.3, -0.25) is 0 Å². The Morgan fingerprint density at radius 3 is 1.33 bits per heavy atom. The van der Waals surface area contributed by atoms with E-state index in [-0.39, 0.29) is 0 Å². The van der Waals surface area contributed by atoms with E-state index in [1.54, 1.807) is 0 Å². The fraction of sp³-hybridized carbons (Fsp3) is 0. The summed E-state index contributed by atoms with van der Waals surface area (Å²) in [6.07, 6.45) is 0. The highest BCUT2D eigenvalue weighted by molar-refractivity contribution is 6.20. The van der Waals surface area contributed by atoms with E-state index in [1.165, 1.54) is 70.9 Å². The minimum Gasteiger partial charge on any atom is -0.228 e. The molecule has 270 valence electrons. The van der Waals surface area contributed by atoms with Crippen LogP contribution in [0.1, 0.15) is 0 Å². The number of fused-ring (bicyclic) bond motifs is 5. The van der Waals surface area contributed by atoms with Crippen molar-refractivity contribution in [2.45, 2.75) is 0 Å². The van der Waals surface area contributed by atoms with Crippen molar-refractivity contribution in [3.05, 3.63) is 218 Å². The molecule has 11 rings (SSSR count). The highest BCUT2D eigenvalue weighted by Crippen LogP contribution is 2.41. The minimum atomic E-state index is 0.717. The van der Waals surface area contributed by atoms with E-state index < -0.39 is 0 Å². The Kier molecular flexibility index (Phi) is 8.19. The van der Waals surface area contributed by atoms with E-state index in [2.05, 4.69) is 182 Å². The normalized spacial score (nSPS) is 11.4. The third kappa shape index (κ3) is 5.91. The summed E-state index contributed by atoms with van der Waals surface area (Å²) in [6, 6.07) is 78.3. The van der Waals surface area contributed by atoms with Gasteiger partial charge in [0.1, 0.15) is 0 Å². The van der Waals surface area contributed by atoms with Gasteiger partial charge >= 0.3 is 0 Å². The van der Waals surface area contributed by atoms with Gasteiger partial charge < -0.3 is 0 Å². The SMILES string of the molecule is c1ccc(-c2cc(-c3ccc(-c4ccc(-c5ccc(-c6c7ccccc7cc7c6ccc6ccccc67)cc5)c5ccccc45)cc3)nc(-c3ccccc3)n2)cc1. The molecular weight excluding hydrogens is 701 g/mol. The fourth-order valence-corrected chi connectivity index (χ4v) is 8.64. The molecule has 0 N–H and O–H groups in total. The van der Waals surface area contributed by atoms with Crippen LogP contribution in [-0.2, 0) is 0 Å². The average Bonchev–Trinajstić information content (AvgIpc) is 3.31. The van der Waals surface area contributed by atoms with Gasteiger partial charge in [0.25, 0.3) is 0 Å². The van der Waals surface area contributed by atoms with Gasteiger partial charge in [-0.05, 0) is 88.6 Å². The molecule has 0 amide bonds. The van der Waals surface area contributed by atoms with E-state index in [0.29, 0.717) is 0 Å². The van der Waals surface area contributed by atoms with Gasteiger partial charge in [0.2, 0.25) is 0 Å². The summed E-state index contributed by atoms with van der Waals surface area (Å²) in [5.74, 6) is 0.717.